The predicted molar refractivity (Wildman–Crippen MR) is 103 cm³/mol. The molecule has 3 aromatic rings. The zero-order chi connectivity index (χ0) is 20.6. The van der Waals surface area contributed by atoms with Crippen LogP contribution in [0.2, 0.25) is 0 Å². The van der Waals surface area contributed by atoms with Crippen LogP contribution < -0.4 is 0 Å². The van der Waals surface area contributed by atoms with Gasteiger partial charge in [0.2, 0.25) is 0 Å². The number of carbonyl (C=O) groups is 1. The molecule has 0 radical (unpaired) electrons. The normalized spacial score (nSPS) is 17.9. The first kappa shape index (κ1) is 19.6. The average Bonchev–Trinajstić information content (AvgIpc) is 3.26. The maximum absolute atomic E-state index is 13.3. The molecule has 0 spiro atoms. The van der Waals surface area contributed by atoms with E-state index in [9.17, 15) is 22.4 Å². The van der Waals surface area contributed by atoms with E-state index in [0.717, 1.165) is 16.5 Å². The molecule has 3 nitrogen and oxygen atoms in total. The zero-order valence-corrected chi connectivity index (χ0v) is 15.6. The molecule has 0 saturated carbocycles. The molecule has 1 unspecified atom stereocenters. The number of aromatic amines is 1. The van der Waals surface area contributed by atoms with Crippen molar-refractivity contribution in [3.63, 3.8) is 0 Å². The molecular formula is C22H20F4N2O. The van der Waals surface area contributed by atoms with Gasteiger partial charge in [0.1, 0.15) is 5.82 Å². The van der Waals surface area contributed by atoms with Crippen molar-refractivity contribution in [2.75, 3.05) is 19.6 Å². The number of carbonyl (C=O) groups excluding carboxylic acids is 1. The lowest BCUT2D eigenvalue weighted by Crippen LogP contribution is -2.32. The number of rotatable bonds is 5. The number of nitrogens with zero attached hydrogens (tertiary/aromatic N) is 1. The van der Waals surface area contributed by atoms with E-state index in [-0.39, 0.29) is 23.9 Å². The first-order chi connectivity index (χ1) is 13.8. The molecule has 1 fully saturated rings. The van der Waals surface area contributed by atoms with E-state index >= 15 is 0 Å². The van der Waals surface area contributed by atoms with Gasteiger partial charge in [-0.2, -0.15) is 13.2 Å². The highest BCUT2D eigenvalue weighted by Gasteiger charge is 2.34. The van der Waals surface area contributed by atoms with E-state index in [1.807, 2.05) is 18.2 Å². The molecule has 1 N–H and O–H groups in total. The second-order valence-electron chi connectivity index (χ2n) is 7.60. The molecule has 0 bridgehead atoms. The largest absolute Gasteiger partial charge is 0.401 e. The molecular weight excluding hydrogens is 384 g/mol. The van der Waals surface area contributed by atoms with Gasteiger partial charge in [0.25, 0.3) is 0 Å². The molecule has 7 heteroatoms. The van der Waals surface area contributed by atoms with Gasteiger partial charge < -0.3 is 4.98 Å². The minimum absolute atomic E-state index is 0.0445. The van der Waals surface area contributed by atoms with Crippen molar-refractivity contribution in [2.45, 2.75) is 24.9 Å². The summed E-state index contributed by atoms with van der Waals surface area (Å²) in [6.45, 7) is -0.0812. The third-order valence-corrected chi connectivity index (χ3v) is 5.35. The van der Waals surface area contributed by atoms with E-state index in [4.69, 9.17) is 0 Å². The number of aromatic nitrogens is 1. The van der Waals surface area contributed by atoms with Crippen LogP contribution in [0.5, 0.6) is 0 Å². The lowest BCUT2D eigenvalue weighted by molar-refractivity contribution is -0.143. The Morgan fingerprint density at radius 2 is 1.97 bits per heavy atom. The van der Waals surface area contributed by atoms with Crippen LogP contribution in [0, 0.1) is 5.82 Å². The van der Waals surface area contributed by atoms with E-state index in [2.05, 4.69) is 4.98 Å². The second kappa shape index (κ2) is 7.63. The van der Waals surface area contributed by atoms with E-state index in [0.29, 0.717) is 30.8 Å². The number of fused-ring (bicyclic) bond motifs is 1. The maximum atomic E-state index is 13.3. The number of ketones is 1. The fraction of sp³-hybridized carbons (Fsp3) is 0.318. The second-order valence-corrected chi connectivity index (χ2v) is 7.60. The van der Waals surface area contributed by atoms with Crippen molar-refractivity contribution in [1.82, 2.24) is 9.88 Å². The summed E-state index contributed by atoms with van der Waals surface area (Å²) in [5, 5.41) is 0.847. The van der Waals surface area contributed by atoms with E-state index in [1.54, 1.807) is 18.2 Å². The van der Waals surface area contributed by atoms with Crippen LogP contribution in [0.4, 0.5) is 17.6 Å². The number of nitrogens with one attached hydrogen (secondary N) is 1. The van der Waals surface area contributed by atoms with Gasteiger partial charge in [-0.25, -0.2) is 4.39 Å². The predicted octanol–water partition coefficient (Wildman–Crippen LogP) is 5.08. The summed E-state index contributed by atoms with van der Waals surface area (Å²) in [5.74, 6) is -0.485. The Labute approximate surface area is 165 Å². The molecule has 0 aliphatic carbocycles. The number of H-pyrrole nitrogens is 1. The van der Waals surface area contributed by atoms with Crippen molar-refractivity contribution in [2.24, 2.45) is 0 Å². The number of alkyl halides is 3. The fourth-order valence-electron chi connectivity index (χ4n) is 3.98. The Morgan fingerprint density at radius 1 is 1.14 bits per heavy atom. The zero-order valence-electron chi connectivity index (χ0n) is 15.6. The highest BCUT2D eigenvalue weighted by Crippen LogP contribution is 2.31. The number of likely N-dealkylation sites (tertiary alicyclic amines) is 1. The third-order valence-electron chi connectivity index (χ3n) is 5.35. The number of halogens is 4. The molecule has 0 amide bonds. The molecule has 1 aromatic heterocycles. The van der Waals surface area contributed by atoms with Crippen LogP contribution in [0.15, 0.2) is 48.5 Å². The molecule has 4 rings (SSSR count). The lowest BCUT2D eigenvalue weighted by atomic mass is 9.97. The summed E-state index contributed by atoms with van der Waals surface area (Å²) in [4.78, 5) is 17.1. The van der Waals surface area contributed by atoms with Gasteiger partial charge in [-0.1, -0.05) is 18.2 Å². The smallest absolute Gasteiger partial charge is 0.352 e. The number of hydrogen-bond donors (Lipinski definition) is 1. The molecule has 1 atom stereocenters. The summed E-state index contributed by atoms with van der Waals surface area (Å²) in [5.41, 5.74) is 2.81. The van der Waals surface area contributed by atoms with Crippen molar-refractivity contribution in [3.8, 4) is 0 Å². The van der Waals surface area contributed by atoms with Crippen LogP contribution >= 0.6 is 0 Å². The van der Waals surface area contributed by atoms with Crippen molar-refractivity contribution in [1.29, 1.82) is 0 Å². The lowest BCUT2D eigenvalue weighted by Gasteiger charge is -2.18. The van der Waals surface area contributed by atoms with Crippen LogP contribution in [-0.2, 0) is 6.42 Å². The van der Waals surface area contributed by atoms with Gasteiger partial charge in [0, 0.05) is 23.9 Å². The first-order valence-corrected chi connectivity index (χ1v) is 9.46. The molecule has 2 heterocycles. The van der Waals surface area contributed by atoms with Gasteiger partial charge in [0.15, 0.2) is 5.78 Å². The standard InChI is InChI=1S/C22H20F4N2O/c23-18-3-1-2-14(8-18)9-21(29)20-11-17-10-15(4-5-19(17)27-20)16-6-7-28(12-16)13-22(24,25)26/h1-5,8,10-11,16,27H,6-7,9,12-13H2. The Bertz CT molecular complexity index is 1040. The molecule has 1 aliphatic rings. The minimum Gasteiger partial charge on any atom is -0.352 e. The van der Waals surface area contributed by atoms with E-state index in [1.165, 1.54) is 17.0 Å². The highest BCUT2D eigenvalue weighted by atomic mass is 19.4. The molecule has 2 aromatic carbocycles. The Morgan fingerprint density at radius 3 is 2.72 bits per heavy atom. The van der Waals surface area contributed by atoms with Crippen LogP contribution in [0.25, 0.3) is 10.9 Å². The molecule has 1 aliphatic heterocycles. The van der Waals surface area contributed by atoms with E-state index < -0.39 is 12.7 Å². The van der Waals surface area contributed by atoms with Gasteiger partial charge in [0.05, 0.1) is 12.2 Å². The molecule has 29 heavy (non-hydrogen) atoms. The number of hydrogen-bond acceptors (Lipinski definition) is 2. The van der Waals surface area contributed by atoms with Gasteiger partial charge >= 0.3 is 6.18 Å². The van der Waals surface area contributed by atoms with Crippen molar-refractivity contribution in [3.05, 3.63) is 71.2 Å². The number of Topliss-reactive ketones (excluding diaryl/α,β-unsaturated/α-hetero) is 1. The fourth-order valence-corrected chi connectivity index (χ4v) is 3.98. The topological polar surface area (TPSA) is 36.1 Å². The van der Waals surface area contributed by atoms with Gasteiger partial charge in [-0.3, -0.25) is 9.69 Å². The Hall–Kier alpha value is -2.67. The summed E-state index contributed by atoms with van der Waals surface area (Å²) in [7, 11) is 0. The van der Waals surface area contributed by atoms with Crippen LogP contribution in [-0.4, -0.2) is 41.5 Å². The average molecular weight is 404 g/mol. The maximum Gasteiger partial charge on any atom is 0.401 e. The summed E-state index contributed by atoms with van der Waals surface area (Å²) >= 11 is 0. The summed E-state index contributed by atoms with van der Waals surface area (Å²) in [6.07, 6.45) is -3.42. The summed E-state index contributed by atoms with van der Waals surface area (Å²) in [6, 6.07) is 13.4. The highest BCUT2D eigenvalue weighted by molar-refractivity contribution is 6.00. The van der Waals surface area contributed by atoms with Gasteiger partial charge in [-0.05, 0) is 60.3 Å². The van der Waals surface area contributed by atoms with Crippen molar-refractivity contribution < 1.29 is 22.4 Å². The first-order valence-electron chi connectivity index (χ1n) is 9.46. The van der Waals surface area contributed by atoms with Crippen LogP contribution in [0.3, 0.4) is 0 Å². The summed E-state index contributed by atoms with van der Waals surface area (Å²) < 4.78 is 51.1. The monoisotopic (exact) mass is 404 g/mol. The van der Waals surface area contributed by atoms with Crippen LogP contribution in [0.1, 0.15) is 34.0 Å². The Kier molecular flexibility index (Phi) is 5.17. The molecule has 1 saturated heterocycles. The number of benzene rings is 2. The minimum atomic E-state index is -4.18. The van der Waals surface area contributed by atoms with Crippen molar-refractivity contribution >= 4 is 16.7 Å². The van der Waals surface area contributed by atoms with Gasteiger partial charge in [-0.15, -0.1) is 0 Å². The SMILES string of the molecule is O=C(Cc1cccc(F)c1)c1cc2cc(C3CCN(CC(F)(F)F)C3)ccc2[nH]1. The Balaban J connectivity index is 1.49. The quantitative estimate of drug-likeness (QED) is 0.475. The molecule has 152 valence electrons. The third kappa shape index (κ3) is 4.67.